The second-order valence-corrected chi connectivity index (χ2v) is 8.16. The summed E-state index contributed by atoms with van der Waals surface area (Å²) in [5.41, 5.74) is -0.641. The first-order valence-corrected chi connectivity index (χ1v) is 10.3. The molecule has 0 aliphatic carbocycles. The fourth-order valence-electron chi connectivity index (χ4n) is 3.64. The summed E-state index contributed by atoms with van der Waals surface area (Å²) in [7, 11) is 0. The first-order chi connectivity index (χ1) is 14.9. The molecule has 1 atom stereocenters. The number of benzene rings is 2. The molecule has 0 N–H and O–H groups in total. The Hall–Kier alpha value is -2.42. The van der Waals surface area contributed by atoms with Gasteiger partial charge in [-0.15, -0.1) is 0 Å². The normalized spacial score (nSPS) is 16.2. The molecule has 3 rings (SSSR count). The lowest BCUT2D eigenvalue weighted by molar-refractivity contribution is -0.138. The zero-order valence-corrected chi connectivity index (χ0v) is 17.9. The molecule has 0 radical (unpaired) electrons. The van der Waals surface area contributed by atoms with Gasteiger partial charge in [0.1, 0.15) is 0 Å². The van der Waals surface area contributed by atoms with Crippen molar-refractivity contribution >= 4 is 23.2 Å². The lowest BCUT2D eigenvalue weighted by atomic mass is 9.96. The van der Waals surface area contributed by atoms with Crippen LogP contribution in [0, 0.1) is 0 Å². The van der Waals surface area contributed by atoms with Crippen LogP contribution in [-0.2, 0) is 17.1 Å². The number of nitrogens with zero attached hydrogens (tertiary/aromatic N) is 2. The van der Waals surface area contributed by atoms with Crippen molar-refractivity contribution in [2.24, 2.45) is 0 Å². The molecule has 1 saturated heterocycles. The average molecular weight is 479 g/mol. The minimum Gasteiger partial charge on any atom is -0.367 e. The van der Waals surface area contributed by atoms with Gasteiger partial charge >= 0.3 is 12.4 Å². The minimum atomic E-state index is -4.48. The molecular weight excluding hydrogens is 458 g/mol. The third-order valence-electron chi connectivity index (χ3n) is 5.53. The highest BCUT2D eigenvalue weighted by Gasteiger charge is 2.33. The molecule has 0 unspecified atom stereocenters. The average Bonchev–Trinajstić information content (AvgIpc) is 2.73. The molecule has 1 amide bonds. The Bertz CT molecular complexity index is 950. The minimum absolute atomic E-state index is 0.121. The topological polar surface area (TPSA) is 23.6 Å². The lowest BCUT2D eigenvalue weighted by Gasteiger charge is -2.37. The number of amides is 1. The number of alkyl halides is 6. The van der Waals surface area contributed by atoms with Crippen LogP contribution in [0.25, 0.3) is 0 Å². The third-order valence-corrected chi connectivity index (χ3v) is 5.85. The van der Waals surface area contributed by atoms with Gasteiger partial charge in [0.2, 0.25) is 5.91 Å². The molecule has 1 fully saturated rings. The number of rotatable bonds is 4. The summed E-state index contributed by atoms with van der Waals surface area (Å²) in [4.78, 5) is 16.0. The summed E-state index contributed by atoms with van der Waals surface area (Å²) in [5.74, 6) is -0.437. The van der Waals surface area contributed by atoms with Crippen LogP contribution >= 0.6 is 11.6 Å². The molecule has 32 heavy (non-hydrogen) atoms. The van der Waals surface area contributed by atoms with E-state index < -0.39 is 23.5 Å². The highest BCUT2D eigenvalue weighted by molar-refractivity contribution is 6.33. The van der Waals surface area contributed by atoms with Crippen LogP contribution in [0.1, 0.15) is 36.0 Å². The number of hydrogen-bond donors (Lipinski definition) is 0. The zero-order chi connectivity index (χ0) is 23.7. The smallest absolute Gasteiger partial charge is 0.367 e. The van der Waals surface area contributed by atoms with Crippen molar-refractivity contribution in [2.45, 2.75) is 31.6 Å². The van der Waals surface area contributed by atoms with E-state index in [1.54, 1.807) is 16.7 Å². The number of hydrogen-bond acceptors (Lipinski definition) is 2. The molecule has 10 heteroatoms. The maximum atomic E-state index is 13.0. The van der Waals surface area contributed by atoms with E-state index in [9.17, 15) is 31.1 Å². The highest BCUT2D eigenvalue weighted by atomic mass is 35.5. The van der Waals surface area contributed by atoms with E-state index in [-0.39, 0.29) is 29.0 Å². The van der Waals surface area contributed by atoms with Crippen LogP contribution in [0.5, 0.6) is 0 Å². The number of halogens is 7. The predicted octanol–water partition coefficient (Wildman–Crippen LogP) is 6.22. The molecule has 3 nitrogen and oxygen atoms in total. The van der Waals surface area contributed by atoms with Gasteiger partial charge in [0.05, 0.1) is 21.8 Å². The van der Waals surface area contributed by atoms with Gasteiger partial charge in [-0.1, -0.05) is 30.7 Å². The van der Waals surface area contributed by atoms with Gasteiger partial charge in [0.15, 0.2) is 0 Å². The molecule has 0 aromatic heterocycles. The first kappa shape index (κ1) is 24.2. The number of carbonyl (C=O) groups excluding carboxylic acids is 1. The molecule has 1 heterocycles. The van der Waals surface area contributed by atoms with Crippen LogP contribution in [0.2, 0.25) is 5.02 Å². The monoisotopic (exact) mass is 478 g/mol. The summed E-state index contributed by atoms with van der Waals surface area (Å²) in [5, 5.41) is 0.203. The van der Waals surface area contributed by atoms with Crippen molar-refractivity contribution < 1.29 is 31.1 Å². The standard InChI is InChI=1S/C22H21ClF6N2O/c1-14(15-2-4-16(5-3-15)21(24,25)26)12-20(32)31-10-8-30(9-11-31)19-13-17(22(27,28)29)6-7-18(19)23/h2-7,13-14H,8-12H2,1H3/t14-/m1/s1. The fraction of sp³-hybridized carbons (Fsp3) is 0.409. The van der Waals surface area contributed by atoms with Crippen LogP contribution in [0.15, 0.2) is 42.5 Å². The van der Waals surface area contributed by atoms with Crippen LogP contribution < -0.4 is 4.90 Å². The molecule has 1 aliphatic rings. The van der Waals surface area contributed by atoms with E-state index in [1.165, 1.54) is 18.2 Å². The van der Waals surface area contributed by atoms with Crippen molar-refractivity contribution in [2.75, 3.05) is 31.1 Å². The highest BCUT2D eigenvalue weighted by Crippen LogP contribution is 2.36. The second-order valence-electron chi connectivity index (χ2n) is 7.76. The molecule has 2 aromatic carbocycles. The second kappa shape index (κ2) is 9.21. The number of anilines is 1. The molecule has 174 valence electrons. The van der Waals surface area contributed by atoms with E-state index in [0.717, 1.165) is 24.3 Å². The van der Waals surface area contributed by atoms with Gasteiger partial charge in [0, 0.05) is 32.6 Å². The molecule has 0 spiro atoms. The Kier molecular flexibility index (Phi) is 6.97. The molecule has 2 aromatic rings. The Labute approximate surface area is 186 Å². The summed E-state index contributed by atoms with van der Waals surface area (Å²) in [6, 6.07) is 7.87. The van der Waals surface area contributed by atoms with Crippen LogP contribution in [0.4, 0.5) is 32.0 Å². The Morgan fingerprint density at radius 3 is 1.97 bits per heavy atom. The van der Waals surface area contributed by atoms with Crippen molar-refractivity contribution in [3.8, 4) is 0 Å². The third kappa shape index (κ3) is 5.68. The SMILES string of the molecule is C[C@H](CC(=O)N1CCN(c2cc(C(F)(F)F)ccc2Cl)CC1)c1ccc(C(F)(F)F)cc1. The molecular formula is C22H21ClF6N2O. The van der Waals surface area contributed by atoms with Gasteiger partial charge in [-0.2, -0.15) is 26.3 Å². The number of piperazine rings is 1. The van der Waals surface area contributed by atoms with Gasteiger partial charge in [-0.05, 0) is 41.8 Å². The maximum Gasteiger partial charge on any atom is 0.416 e. The van der Waals surface area contributed by atoms with E-state index >= 15 is 0 Å². The maximum absolute atomic E-state index is 13.0. The van der Waals surface area contributed by atoms with Crippen molar-refractivity contribution in [3.63, 3.8) is 0 Å². The predicted molar refractivity (Wildman–Crippen MR) is 110 cm³/mol. The summed E-state index contributed by atoms with van der Waals surface area (Å²) in [6.07, 6.45) is -8.78. The van der Waals surface area contributed by atoms with E-state index in [1.807, 2.05) is 0 Å². The summed E-state index contributed by atoms with van der Waals surface area (Å²) < 4.78 is 77.1. The van der Waals surface area contributed by atoms with E-state index in [0.29, 0.717) is 31.7 Å². The fourth-order valence-corrected chi connectivity index (χ4v) is 3.87. The zero-order valence-electron chi connectivity index (χ0n) is 17.1. The summed E-state index contributed by atoms with van der Waals surface area (Å²) in [6.45, 7) is 3.03. The quantitative estimate of drug-likeness (QED) is 0.487. The van der Waals surface area contributed by atoms with Crippen molar-refractivity contribution in [1.29, 1.82) is 0 Å². The van der Waals surface area contributed by atoms with Gasteiger partial charge < -0.3 is 9.80 Å². The van der Waals surface area contributed by atoms with Crippen molar-refractivity contribution in [1.82, 2.24) is 4.90 Å². The molecule has 0 saturated carbocycles. The van der Waals surface area contributed by atoms with Gasteiger partial charge in [-0.25, -0.2) is 0 Å². The Morgan fingerprint density at radius 1 is 0.906 bits per heavy atom. The largest absolute Gasteiger partial charge is 0.416 e. The molecule has 0 bridgehead atoms. The number of carbonyl (C=O) groups is 1. The van der Waals surface area contributed by atoms with E-state index in [4.69, 9.17) is 11.6 Å². The van der Waals surface area contributed by atoms with Gasteiger partial charge in [-0.3, -0.25) is 4.79 Å². The van der Waals surface area contributed by atoms with E-state index in [2.05, 4.69) is 0 Å². The molecule has 1 aliphatic heterocycles. The van der Waals surface area contributed by atoms with Gasteiger partial charge in [0.25, 0.3) is 0 Å². The lowest BCUT2D eigenvalue weighted by Crippen LogP contribution is -2.49. The first-order valence-electron chi connectivity index (χ1n) is 9.93. The Morgan fingerprint density at radius 2 is 1.44 bits per heavy atom. The van der Waals surface area contributed by atoms with Crippen LogP contribution in [0.3, 0.4) is 0 Å². The Balaban J connectivity index is 1.59. The van der Waals surface area contributed by atoms with Crippen LogP contribution in [-0.4, -0.2) is 37.0 Å². The van der Waals surface area contributed by atoms with Crippen molar-refractivity contribution in [3.05, 3.63) is 64.2 Å². The summed E-state index contributed by atoms with van der Waals surface area (Å²) >= 11 is 6.09.